The second kappa shape index (κ2) is 7.77. The van der Waals surface area contributed by atoms with Crippen LogP contribution in [-0.4, -0.2) is 26.6 Å². The summed E-state index contributed by atoms with van der Waals surface area (Å²) in [4.78, 5) is 13.1. The lowest BCUT2D eigenvalue weighted by molar-refractivity contribution is -0.137. The highest BCUT2D eigenvalue weighted by molar-refractivity contribution is 5.89. The third-order valence-electron chi connectivity index (χ3n) is 4.80. The molecular formula is C20H23F3N4O. The number of fused-ring (bicyclic) bond motifs is 1. The maximum Gasteiger partial charge on any atom is 0.417 e. The van der Waals surface area contributed by atoms with Gasteiger partial charge in [0.1, 0.15) is 29.1 Å². The number of benzene rings is 1. The Morgan fingerprint density at radius 1 is 1.18 bits per heavy atom. The van der Waals surface area contributed by atoms with E-state index in [4.69, 9.17) is 4.74 Å². The van der Waals surface area contributed by atoms with Crippen molar-refractivity contribution in [3.05, 3.63) is 35.9 Å². The largest absolute Gasteiger partial charge is 0.497 e. The highest BCUT2D eigenvalue weighted by Crippen LogP contribution is 2.40. The van der Waals surface area contributed by atoms with Crippen molar-refractivity contribution in [3.63, 3.8) is 0 Å². The topological polar surface area (TPSA) is 52.8 Å². The fourth-order valence-corrected chi connectivity index (χ4v) is 3.50. The minimum Gasteiger partial charge on any atom is -0.497 e. The van der Waals surface area contributed by atoms with Crippen LogP contribution in [0, 0.1) is 0 Å². The Morgan fingerprint density at radius 2 is 1.93 bits per heavy atom. The van der Waals surface area contributed by atoms with E-state index in [1.165, 1.54) is 25.6 Å². The highest BCUT2D eigenvalue weighted by atomic mass is 19.4. The third-order valence-corrected chi connectivity index (χ3v) is 4.80. The molecular weight excluding hydrogens is 369 g/mol. The summed E-state index contributed by atoms with van der Waals surface area (Å²) in [5.74, 6) is 0.928. The Bertz CT molecular complexity index is 981. The Kier molecular flexibility index (Phi) is 5.58. The van der Waals surface area contributed by atoms with E-state index in [0.717, 1.165) is 24.7 Å². The number of rotatable bonds is 6. The molecule has 1 unspecified atom stereocenters. The van der Waals surface area contributed by atoms with Gasteiger partial charge < -0.3 is 9.30 Å². The zero-order valence-electron chi connectivity index (χ0n) is 16.3. The van der Waals surface area contributed by atoms with Gasteiger partial charge in [0.05, 0.1) is 12.7 Å². The number of aryl methyl sites for hydroxylation is 1. The summed E-state index contributed by atoms with van der Waals surface area (Å²) >= 11 is 0. The first kappa shape index (κ1) is 20.1. The van der Waals surface area contributed by atoms with Gasteiger partial charge in [-0.2, -0.15) is 13.2 Å². The van der Waals surface area contributed by atoms with Crippen molar-refractivity contribution in [1.82, 2.24) is 19.5 Å². The monoisotopic (exact) mass is 392 g/mol. The number of halogens is 3. The van der Waals surface area contributed by atoms with Gasteiger partial charge in [-0.1, -0.05) is 20.3 Å². The normalized spacial score (nSPS) is 13.1. The van der Waals surface area contributed by atoms with Crippen molar-refractivity contribution in [2.45, 2.75) is 52.3 Å². The molecule has 0 N–H and O–H groups in total. The summed E-state index contributed by atoms with van der Waals surface area (Å²) in [7, 11) is 1.34. The Balaban J connectivity index is 2.29. The predicted molar refractivity (Wildman–Crippen MR) is 101 cm³/mol. The van der Waals surface area contributed by atoms with Crippen molar-refractivity contribution >= 4 is 11.2 Å². The van der Waals surface area contributed by atoms with E-state index in [-0.39, 0.29) is 23.0 Å². The van der Waals surface area contributed by atoms with Crippen LogP contribution in [0.1, 0.15) is 51.0 Å². The number of aromatic nitrogens is 4. The second-order valence-electron chi connectivity index (χ2n) is 6.69. The van der Waals surface area contributed by atoms with Crippen LogP contribution in [-0.2, 0) is 12.6 Å². The van der Waals surface area contributed by atoms with E-state index in [1.54, 1.807) is 0 Å². The molecule has 0 spiro atoms. The van der Waals surface area contributed by atoms with Gasteiger partial charge in [-0.3, -0.25) is 0 Å². The summed E-state index contributed by atoms with van der Waals surface area (Å²) in [6, 6.07) is 4.01. The summed E-state index contributed by atoms with van der Waals surface area (Å²) < 4.78 is 48.1. The van der Waals surface area contributed by atoms with Crippen molar-refractivity contribution in [2.24, 2.45) is 0 Å². The average molecular weight is 392 g/mol. The summed E-state index contributed by atoms with van der Waals surface area (Å²) in [5, 5.41) is 0. The van der Waals surface area contributed by atoms with Crippen LogP contribution in [0.5, 0.6) is 5.75 Å². The predicted octanol–water partition coefficient (Wildman–Crippen LogP) is 5.44. The third kappa shape index (κ3) is 3.55. The molecule has 0 aliphatic heterocycles. The van der Waals surface area contributed by atoms with Gasteiger partial charge in [0.2, 0.25) is 0 Å². The van der Waals surface area contributed by atoms with Crippen molar-refractivity contribution in [2.75, 3.05) is 7.11 Å². The lowest BCUT2D eigenvalue weighted by atomic mass is 10.0. The Hall–Kier alpha value is -2.64. The van der Waals surface area contributed by atoms with Crippen LogP contribution in [0.3, 0.4) is 0 Å². The van der Waals surface area contributed by atoms with Crippen LogP contribution < -0.4 is 4.74 Å². The molecule has 150 valence electrons. The van der Waals surface area contributed by atoms with Gasteiger partial charge in [0, 0.05) is 18.0 Å². The molecule has 0 saturated carbocycles. The van der Waals surface area contributed by atoms with Gasteiger partial charge in [0.15, 0.2) is 5.65 Å². The smallest absolute Gasteiger partial charge is 0.417 e. The molecule has 8 heteroatoms. The lowest BCUT2D eigenvalue weighted by Crippen LogP contribution is -2.10. The number of methoxy groups -OCH3 is 1. The fourth-order valence-electron chi connectivity index (χ4n) is 3.50. The van der Waals surface area contributed by atoms with E-state index >= 15 is 0 Å². The zero-order chi connectivity index (χ0) is 20.5. The molecule has 0 fully saturated rings. The molecule has 0 bridgehead atoms. The van der Waals surface area contributed by atoms with Crippen LogP contribution in [0.15, 0.2) is 24.5 Å². The molecule has 0 amide bonds. The number of ether oxygens (including phenoxy) is 1. The minimum absolute atomic E-state index is 0.0313. The SMILES string of the molecule is CCCC(C)n1c(CC)nc2c(-c3ccc(OC)cc3C(F)(F)F)ncnc21. The molecule has 0 saturated heterocycles. The standard InChI is InChI=1S/C20H23F3N4O/c1-5-7-12(3)27-16(6-2)26-18-17(24-11-25-19(18)27)14-9-8-13(28-4)10-15(14)20(21,22)23/h8-12H,5-7H2,1-4H3. The molecule has 3 aromatic rings. The molecule has 1 aromatic carbocycles. The molecule has 28 heavy (non-hydrogen) atoms. The first-order valence-corrected chi connectivity index (χ1v) is 9.29. The van der Waals surface area contributed by atoms with Crippen LogP contribution in [0.2, 0.25) is 0 Å². The van der Waals surface area contributed by atoms with Crippen molar-refractivity contribution in [3.8, 4) is 17.0 Å². The van der Waals surface area contributed by atoms with Gasteiger partial charge in [-0.15, -0.1) is 0 Å². The number of hydrogen-bond acceptors (Lipinski definition) is 4. The van der Waals surface area contributed by atoms with Crippen LogP contribution in [0.4, 0.5) is 13.2 Å². The molecule has 2 heterocycles. The molecule has 3 rings (SSSR count). The van der Waals surface area contributed by atoms with Gasteiger partial charge in [0.25, 0.3) is 0 Å². The van der Waals surface area contributed by atoms with E-state index in [2.05, 4.69) is 28.8 Å². The molecule has 1 atom stereocenters. The van der Waals surface area contributed by atoms with Crippen LogP contribution in [0.25, 0.3) is 22.4 Å². The molecule has 0 aliphatic carbocycles. The van der Waals surface area contributed by atoms with E-state index < -0.39 is 11.7 Å². The van der Waals surface area contributed by atoms with Crippen molar-refractivity contribution in [1.29, 1.82) is 0 Å². The maximum atomic E-state index is 13.7. The summed E-state index contributed by atoms with van der Waals surface area (Å²) in [5.41, 5.74) is 0.291. The van der Waals surface area contributed by atoms with Gasteiger partial charge in [-0.25, -0.2) is 15.0 Å². The number of hydrogen-bond donors (Lipinski definition) is 0. The first-order valence-electron chi connectivity index (χ1n) is 9.29. The van der Waals surface area contributed by atoms with Gasteiger partial charge >= 0.3 is 6.18 Å². The number of alkyl halides is 3. The molecule has 2 aromatic heterocycles. The maximum absolute atomic E-state index is 13.7. The van der Waals surface area contributed by atoms with E-state index in [1.807, 2.05) is 11.5 Å². The summed E-state index contributed by atoms with van der Waals surface area (Å²) in [6.07, 6.45) is -0.684. The number of nitrogens with zero attached hydrogens (tertiary/aromatic N) is 4. The van der Waals surface area contributed by atoms with Gasteiger partial charge in [-0.05, 0) is 31.5 Å². The minimum atomic E-state index is -4.55. The average Bonchev–Trinajstić information content (AvgIpc) is 3.05. The molecule has 0 aliphatic rings. The van der Waals surface area contributed by atoms with E-state index in [9.17, 15) is 13.2 Å². The molecule has 5 nitrogen and oxygen atoms in total. The highest BCUT2D eigenvalue weighted by Gasteiger charge is 2.35. The molecule has 0 radical (unpaired) electrons. The second-order valence-corrected chi connectivity index (χ2v) is 6.69. The fraction of sp³-hybridized carbons (Fsp3) is 0.450. The zero-order valence-corrected chi connectivity index (χ0v) is 16.3. The summed E-state index contributed by atoms with van der Waals surface area (Å²) in [6.45, 7) is 6.13. The first-order chi connectivity index (χ1) is 13.3. The Labute approximate surface area is 161 Å². The lowest BCUT2D eigenvalue weighted by Gasteiger charge is -2.16. The Morgan fingerprint density at radius 3 is 2.54 bits per heavy atom. The van der Waals surface area contributed by atoms with E-state index in [0.29, 0.717) is 17.6 Å². The number of imidazole rings is 1. The van der Waals surface area contributed by atoms with Crippen LogP contribution >= 0.6 is 0 Å². The van der Waals surface area contributed by atoms with Crippen molar-refractivity contribution < 1.29 is 17.9 Å². The quantitative estimate of drug-likeness (QED) is 0.560.